The second kappa shape index (κ2) is 6.08. The van der Waals surface area contributed by atoms with Crippen LogP contribution in [0.15, 0.2) is 53.6 Å². The molecule has 0 unspecified atom stereocenters. The lowest BCUT2D eigenvalue weighted by Crippen LogP contribution is -2.24. The van der Waals surface area contributed by atoms with Crippen molar-refractivity contribution >= 4 is 27.2 Å². The van der Waals surface area contributed by atoms with E-state index >= 15 is 0 Å². The average Bonchev–Trinajstić information content (AvgIpc) is 2.46. The van der Waals surface area contributed by atoms with Crippen LogP contribution in [0, 0.1) is 0 Å². The van der Waals surface area contributed by atoms with Gasteiger partial charge in [0.1, 0.15) is 4.99 Å². The Morgan fingerprint density at radius 2 is 2.05 bits per heavy atom. The first-order valence-corrected chi connectivity index (χ1v) is 7.67. The summed E-state index contributed by atoms with van der Waals surface area (Å²) >= 11 is 4.84. The summed E-state index contributed by atoms with van der Waals surface area (Å²) in [5.74, 6) is 0. The number of nitrogens with one attached hydrogen (secondary N) is 1. The summed E-state index contributed by atoms with van der Waals surface area (Å²) in [5, 5.41) is 0. The Labute approximate surface area is 122 Å². The van der Waals surface area contributed by atoms with Crippen LogP contribution in [-0.2, 0) is 16.6 Å². The van der Waals surface area contributed by atoms with Crippen LogP contribution in [0.2, 0.25) is 0 Å². The van der Waals surface area contributed by atoms with E-state index in [2.05, 4.69) is 9.71 Å². The summed E-state index contributed by atoms with van der Waals surface area (Å²) in [6.45, 7) is 0.125. The highest BCUT2D eigenvalue weighted by atomic mass is 32.2. The lowest BCUT2D eigenvalue weighted by Gasteiger charge is -2.07. The van der Waals surface area contributed by atoms with Crippen LogP contribution in [0.4, 0.5) is 0 Å². The van der Waals surface area contributed by atoms with E-state index in [1.807, 2.05) is 0 Å². The molecule has 1 aromatic carbocycles. The topological polar surface area (TPSA) is 85.1 Å². The molecule has 0 bridgehead atoms. The molecule has 0 aliphatic carbocycles. The first-order valence-electron chi connectivity index (χ1n) is 5.78. The number of rotatable bonds is 5. The van der Waals surface area contributed by atoms with E-state index in [0.29, 0.717) is 11.3 Å². The van der Waals surface area contributed by atoms with E-state index in [0.717, 1.165) is 0 Å². The number of thiocarbonyl (C=S) groups is 1. The molecule has 7 heteroatoms. The Morgan fingerprint density at radius 1 is 1.25 bits per heavy atom. The maximum Gasteiger partial charge on any atom is 0.240 e. The molecule has 1 aromatic heterocycles. The van der Waals surface area contributed by atoms with E-state index in [1.54, 1.807) is 36.5 Å². The third-order valence-corrected chi connectivity index (χ3v) is 4.23. The van der Waals surface area contributed by atoms with E-state index in [1.165, 1.54) is 12.1 Å². The number of nitrogens with two attached hydrogens (primary N) is 1. The van der Waals surface area contributed by atoms with Gasteiger partial charge in [-0.25, -0.2) is 13.1 Å². The van der Waals surface area contributed by atoms with Crippen molar-refractivity contribution in [2.45, 2.75) is 11.4 Å². The van der Waals surface area contributed by atoms with Gasteiger partial charge in [0, 0.05) is 11.8 Å². The van der Waals surface area contributed by atoms with Gasteiger partial charge in [-0.15, -0.1) is 0 Å². The standard InChI is InChI=1S/C13H13N3O2S2/c14-13(19)10-4-3-6-12(8-10)20(17,18)16-9-11-5-1-2-7-15-11/h1-8,16H,9H2,(H2,14,19). The van der Waals surface area contributed by atoms with Crippen LogP contribution in [0.1, 0.15) is 11.3 Å². The molecule has 0 spiro atoms. The van der Waals surface area contributed by atoms with Gasteiger partial charge in [0.2, 0.25) is 10.0 Å². The fourth-order valence-corrected chi connectivity index (χ4v) is 2.74. The van der Waals surface area contributed by atoms with Crippen molar-refractivity contribution in [2.75, 3.05) is 0 Å². The fourth-order valence-electron chi connectivity index (χ4n) is 1.57. The van der Waals surface area contributed by atoms with Crippen molar-refractivity contribution in [3.8, 4) is 0 Å². The number of benzene rings is 1. The Morgan fingerprint density at radius 3 is 2.70 bits per heavy atom. The second-order valence-electron chi connectivity index (χ2n) is 4.04. The molecule has 0 fully saturated rings. The van der Waals surface area contributed by atoms with Crippen LogP contribution in [0.5, 0.6) is 0 Å². The number of hydrogen-bond donors (Lipinski definition) is 2. The number of pyridine rings is 1. The number of hydrogen-bond acceptors (Lipinski definition) is 4. The van der Waals surface area contributed by atoms with Gasteiger partial charge < -0.3 is 5.73 Å². The minimum absolute atomic E-state index is 0.124. The number of nitrogens with zero attached hydrogens (tertiary/aromatic N) is 1. The highest BCUT2D eigenvalue weighted by Gasteiger charge is 2.14. The predicted molar refractivity (Wildman–Crippen MR) is 80.6 cm³/mol. The maximum atomic E-state index is 12.2. The van der Waals surface area contributed by atoms with Crippen LogP contribution in [0.25, 0.3) is 0 Å². The maximum absolute atomic E-state index is 12.2. The van der Waals surface area contributed by atoms with Crippen LogP contribution < -0.4 is 10.5 Å². The Kier molecular flexibility index (Phi) is 4.43. The Hall–Kier alpha value is -1.83. The van der Waals surface area contributed by atoms with Gasteiger partial charge in [0.15, 0.2) is 0 Å². The third-order valence-electron chi connectivity index (χ3n) is 2.60. The summed E-state index contributed by atoms with van der Waals surface area (Å²) < 4.78 is 26.8. The lowest BCUT2D eigenvalue weighted by molar-refractivity contribution is 0.580. The van der Waals surface area contributed by atoms with Crippen molar-refractivity contribution in [1.82, 2.24) is 9.71 Å². The van der Waals surface area contributed by atoms with Crippen molar-refractivity contribution in [2.24, 2.45) is 5.73 Å². The van der Waals surface area contributed by atoms with Crippen molar-refractivity contribution in [3.63, 3.8) is 0 Å². The molecule has 0 saturated heterocycles. The monoisotopic (exact) mass is 307 g/mol. The first kappa shape index (κ1) is 14.6. The van der Waals surface area contributed by atoms with Gasteiger partial charge in [-0.1, -0.05) is 30.4 Å². The molecule has 0 saturated carbocycles. The largest absolute Gasteiger partial charge is 0.389 e. The van der Waals surface area contributed by atoms with Gasteiger partial charge in [0.05, 0.1) is 17.1 Å². The smallest absolute Gasteiger partial charge is 0.240 e. The molecule has 0 atom stereocenters. The lowest BCUT2D eigenvalue weighted by atomic mass is 10.2. The van der Waals surface area contributed by atoms with Crippen LogP contribution >= 0.6 is 12.2 Å². The van der Waals surface area contributed by atoms with E-state index in [-0.39, 0.29) is 16.4 Å². The molecule has 0 aliphatic heterocycles. The summed E-state index contributed by atoms with van der Waals surface area (Å²) in [4.78, 5) is 4.34. The zero-order valence-corrected chi connectivity index (χ0v) is 12.1. The summed E-state index contributed by atoms with van der Waals surface area (Å²) in [5.41, 5.74) is 6.65. The van der Waals surface area contributed by atoms with E-state index < -0.39 is 10.0 Å². The molecule has 1 heterocycles. The highest BCUT2D eigenvalue weighted by Crippen LogP contribution is 2.12. The first-order chi connectivity index (χ1) is 9.49. The van der Waals surface area contributed by atoms with Gasteiger partial charge in [-0.2, -0.15) is 0 Å². The summed E-state index contributed by atoms with van der Waals surface area (Å²) in [6, 6.07) is 11.5. The average molecular weight is 307 g/mol. The number of aromatic nitrogens is 1. The molecule has 5 nitrogen and oxygen atoms in total. The normalized spacial score (nSPS) is 11.2. The van der Waals surface area contributed by atoms with Gasteiger partial charge in [0.25, 0.3) is 0 Å². The van der Waals surface area contributed by atoms with Crippen LogP contribution in [0.3, 0.4) is 0 Å². The molecule has 2 rings (SSSR count). The SMILES string of the molecule is NC(=S)c1cccc(S(=O)(=O)NCc2ccccn2)c1. The summed E-state index contributed by atoms with van der Waals surface area (Å²) in [7, 11) is -3.62. The van der Waals surface area contributed by atoms with E-state index in [9.17, 15) is 8.42 Å². The molecule has 0 radical (unpaired) electrons. The Balaban J connectivity index is 2.18. The molecule has 2 aromatic rings. The zero-order valence-electron chi connectivity index (χ0n) is 10.5. The molecule has 0 aliphatic rings. The van der Waals surface area contributed by atoms with Gasteiger partial charge >= 0.3 is 0 Å². The highest BCUT2D eigenvalue weighted by molar-refractivity contribution is 7.89. The van der Waals surface area contributed by atoms with Crippen molar-refractivity contribution < 1.29 is 8.42 Å². The predicted octanol–water partition coefficient (Wildman–Crippen LogP) is 1.19. The van der Waals surface area contributed by atoms with E-state index in [4.69, 9.17) is 18.0 Å². The molecule has 0 amide bonds. The van der Waals surface area contributed by atoms with Crippen molar-refractivity contribution in [3.05, 3.63) is 59.9 Å². The molecular weight excluding hydrogens is 294 g/mol. The third kappa shape index (κ3) is 3.60. The quantitative estimate of drug-likeness (QED) is 0.811. The summed E-state index contributed by atoms with van der Waals surface area (Å²) in [6.07, 6.45) is 1.61. The van der Waals surface area contributed by atoms with Crippen LogP contribution in [-0.4, -0.2) is 18.4 Å². The number of sulfonamides is 1. The molecular formula is C13H13N3O2S2. The zero-order chi connectivity index (χ0) is 14.6. The van der Waals surface area contributed by atoms with Gasteiger partial charge in [-0.3, -0.25) is 4.98 Å². The minimum Gasteiger partial charge on any atom is -0.389 e. The fraction of sp³-hybridized carbons (Fsp3) is 0.0769. The molecule has 3 N–H and O–H groups in total. The van der Waals surface area contributed by atoms with Crippen molar-refractivity contribution in [1.29, 1.82) is 0 Å². The molecule has 20 heavy (non-hydrogen) atoms. The molecule has 104 valence electrons. The second-order valence-corrected chi connectivity index (χ2v) is 6.24. The minimum atomic E-state index is -3.62. The Bertz CT molecular complexity index is 715. The van der Waals surface area contributed by atoms with Gasteiger partial charge in [-0.05, 0) is 24.3 Å².